The number of alkyl halides is 2. The summed E-state index contributed by atoms with van der Waals surface area (Å²) in [5.74, 6) is -1.72. The van der Waals surface area contributed by atoms with E-state index in [0.717, 1.165) is 6.20 Å². The topological polar surface area (TPSA) is 162 Å². The lowest BCUT2D eigenvalue weighted by molar-refractivity contribution is -0.147. The third-order valence-corrected chi connectivity index (χ3v) is 5.36. The van der Waals surface area contributed by atoms with Crippen molar-refractivity contribution in [2.75, 3.05) is 0 Å². The quantitative estimate of drug-likeness (QED) is 0.256. The highest BCUT2D eigenvalue weighted by molar-refractivity contribution is 14.1. The van der Waals surface area contributed by atoms with Crippen LogP contribution in [0.4, 0.5) is 4.39 Å². The summed E-state index contributed by atoms with van der Waals surface area (Å²) in [6.45, 7) is 1.59. The maximum atomic E-state index is 14.2. The molecule has 0 radical (unpaired) electrons. The van der Waals surface area contributed by atoms with Crippen molar-refractivity contribution in [3.8, 4) is 0 Å². The Morgan fingerprint density at radius 3 is 2.62 bits per heavy atom. The predicted molar refractivity (Wildman–Crippen MR) is 92.6 cm³/mol. The van der Waals surface area contributed by atoms with Crippen molar-refractivity contribution >= 4 is 28.6 Å². The number of aromatic nitrogens is 2. The molecule has 2 rings (SSSR count). The maximum absolute atomic E-state index is 14.2. The first-order chi connectivity index (χ1) is 12.0. The van der Waals surface area contributed by atoms with Crippen molar-refractivity contribution in [3.05, 3.63) is 32.6 Å². The number of H-pyrrole nitrogens is 1. The van der Waals surface area contributed by atoms with Crippen LogP contribution >= 0.6 is 22.6 Å². The molecule has 1 aliphatic rings. The lowest BCUT2D eigenvalue weighted by Crippen LogP contribution is -2.39. The summed E-state index contributed by atoms with van der Waals surface area (Å²) in [4.78, 5) is 36.4. The molecule has 0 saturated carbocycles. The van der Waals surface area contributed by atoms with Gasteiger partial charge < -0.3 is 25.2 Å². The standard InChI is InChI=1S/C14H18FIN2O8/c1-2-14(15,16)3-6-8(20)9(21)11(26-6)18-4-5(7(19)12(23)24)10(22)17-13(18)25/h4,6-9,11,19-21H,2-3H2,1H3,(H,23,24)(H,17,22,25)/t6-,7?,8-,9-,11-,14?/m1/s1. The summed E-state index contributed by atoms with van der Waals surface area (Å²) >= 11 is 1.55. The summed E-state index contributed by atoms with van der Waals surface area (Å²) in [5.41, 5.74) is -2.83. The molecule has 1 fully saturated rings. The molecule has 0 spiro atoms. The number of ether oxygens (including phenoxy) is 1. The van der Waals surface area contributed by atoms with E-state index in [-0.39, 0.29) is 12.8 Å². The van der Waals surface area contributed by atoms with Crippen molar-refractivity contribution in [2.24, 2.45) is 0 Å². The van der Waals surface area contributed by atoms with Crippen LogP contribution in [0.5, 0.6) is 0 Å². The largest absolute Gasteiger partial charge is 0.479 e. The number of aliphatic carboxylic acids is 1. The number of carboxylic acids is 1. The zero-order valence-electron chi connectivity index (χ0n) is 13.5. The predicted octanol–water partition coefficient (Wildman–Crippen LogP) is -0.825. The molecule has 0 bridgehead atoms. The number of nitrogens with one attached hydrogen (secondary N) is 1. The Hall–Kier alpha value is -1.35. The minimum atomic E-state index is -2.21. The zero-order valence-corrected chi connectivity index (χ0v) is 15.7. The van der Waals surface area contributed by atoms with Gasteiger partial charge in [0.2, 0.25) is 0 Å². The molecule has 2 heterocycles. The SMILES string of the molecule is CCC(F)(I)C[C@H]1O[C@@H](n2cc(C(O)C(=O)O)c(=O)[nH]c2=O)[C@H](O)[C@@H]1O. The maximum Gasteiger partial charge on any atom is 0.337 e. The number of aliphatic hydroxyl groups is 3. The van der Waals surface area contributed by atoms with E-state index in [1.807, 2.05) is 4.98 Å². The molecule has 12 heteroatoms. The van der Waals surface area contributed by atoms with Gasteiger partial charge in [-0.05, 0) is 29.0 Å². The monoisotopic (exact) mass is 488 g/mol. The van der Waals surface area contributed by atoms with Gasteiger partial charge in [-0.2, -0.15) is 0 Å². The van der Waals surface area contributed by atoms with Gasteiger partial charge in [0.1, 0.15) is 12.2 Å². The molecule has 1 aromatic heterocycles. The molecule has 5 N–H and O–H groups in total. The van der Waals surface area contributed by atoms with Crippen LogP contribution in [0.25, 0.3) is 0 Å². The first-order valence-corrected chi connectivity index (χ1v) is 8.72. The van der Waals surface area contributed by atoms with E-state index in [1.54, 1.807) is 29.5 Å². The first kappa shape index (κ1) is 21.0. The molecule has 1 aromatic rings. The third-order valence-electron chi connectivity index (χ3n) is 4.15. The van der Waals surface area contributed by atoms with Gasteiger partial charge in [-0.15, -0.1) is 0 Å². The molecule has 6 atom stereocenters. The van der Waals surface area contributed by atoms with Crippen LogP contribution in [0.1, 0.15) is 37.7 Å². The second kappa shape index (κ2) is 7.72. The van der Waals surface area contributed by atoms with Crippen molar-refractivity contribution in [2.45, 2.75) is 54.1 Å². The van der Waals surface area contributed by atoms with E-state index in [9.17, 15) is 34.1 Å². The average molecular weight is 488 g/mol. The smallest absolute Gasteiger partial charge is 0.337 e. The van der Waals surface area contributed by atoms with E-state index in [2.05, 4.69) is 0 Å². The molecule has 1 saturated heterocycles. The zero-order chi connectivity index (χ0) is 19.8. The number of rotatable bonds is 6. The number of halogens is 2. The summed E-state index contributed by atoms with van der Waals surface area (Å²) in [7, 11) is 0. The van der Waals surface area contributed by atoms with Crippen molar-refractivity contribution in [3.63, 3.8) is 0 Å². The van der Waals surface area contributed by atoms with Gasteiger partial charge in [-0.1, -0.05) is 6.92 Å². The van der Waals surface area contributed by atoms with Crippen LogP contribution in [0, 0.1) is 0 Å². The Labute approximate surface area is 159 Å². The molecule has 10 nitrogen and oxygen atoms in total. The fourth-order valence-corrected chi connectivity index (χ4v) is 3.02. The Morgan fingerprint density at radius 2 is 2.08 bits per heavy atom. The molecule has 26 heavy (non-hydrogen) atoms. The molecule has 1 aliphatic heterocycles. The van der Waals surface area contributed by atoms with Crippen LogP contribution in [-0.4, -0.2) is 57.9 Å². The van der Waals surface area contributed by atoms with Crippen molar-refractivity contribution < 1.29 is 34.3 Å². The van der Waals surface area contributed by atoms with Crippen LogP contribution in [0.2, 0.25) is 0 Å². The summed E-state index contributed by atoms with van der Waals surface area (Å²) in [6, 6.07) is 0. The Morgan fingerprint density at radius 1 is 1.46 bits per heavy atom. The normalized spacial score (nSPS) is 29.3. The van der Waals surface area contributed by atoms with Gasteiger partial charge in [-0.3, -0.25) is 14.3 Å². The summed E-state index contributed by atoms with van der Waals surface area (Å²) in [5, 5.41) is 38.6. The molecular formula is C14H18FIN2O8. The minimum Gasteiger partial charge on any atom is -0.479 e. The van der Waals surface area contributed by atoms with E-state index in [1.165, 1.54) is 0 Å². The van der Waals surface area contributed by atoms with Crippen molar-refractivity contribution in [1.82, 2.24) is 9.55 Å². The van der Waals surface area contributed by atoms with Gasteiger partial charge in [0.25, 0.3) is 5.56 Å². The minimum absolute atomic E-state index is 0.120. The van der Waals surface area contributed by atoms with Gasteiger partial charge in [0.15, 0.2) is 16.0 Å². The van der Waals surface area contributed by atoms with Gasteiger partial charge in [-0.25, -0.2) is 14.0 Å². The number of hydrogen-bond acceptors (Lipinski definition) is 7. The van der Waals surface area contributed by atoms with Crippen LogP contribution in [0.3, 0.4) is 0 Å². The number of carboxylic acid groups (broad SMARTS) is 1. The third kappa shape index (κ3) is 4.14. The second-order valence-electron chi connectivity index (χ2n) is 5.95. The summed E-state index contributed by atoms with van der Waals surface area (Å²) < 4.78 is 18.5. The van der Waals surface area contributed by atoms with E-state index >= 15 is 0 Å². The van der Waals surface area contributed by atoms with Crippen LogP contribution < -0.4 is 11.2 Å². The van der Waals surface area contributed by atoms with Gasteiger partial charge in [0, 0.05) is 12.6 Å². The van der Waals surface area contributed by atoms with Gasteiger partial charge in [0.05, 0.1) is 11.7 Å². The van der Waals surface area contributed by atoms with Crippen LogP contribution in [-0.2, 0) is 9.53 Å². The first-order valence-electron chi connectivity index (χ1n) is 7.64. The Balaban J connectivity index is 2.39. The number of carbonyl (C=O) groups is 1. The lowest BCUT2D eigenvalue weighted by atomic mass is 10.0. The fraction of sp³-hybridized carbons (Fsp3) is 0.643. The molecular weight excluding hydrogens is 470 g/mol. The summed E-state index contributed by atoms with van der Waals surface area (Å²) in [6.07, 6.45) is -7.40. The second-order valence-corrected chi connectivity index (χ2v) is 7.88. The van der Waals surface area contributed by atoms with E-state index in [0.29, 0.717) is 4.57 Å². The van der Waals surface area contributed by atoms with E-state index in [4.69, 9.17) is 9.84 Å². The molecule has 2 unspecified atom stereocenters. The molecule has 0 amide bonds. The number of aliphatic hydroxyl groups excluding tert-OH is 3. The number of aromatic amines is 1. The molecule has 146 valence electrons. The van der Waals surface area contributed by atoms with Crippen molar-refractivity contribution in [1.29, 1.82) is 0 Å². The van der Waals surface area contributed by atoms with E-state index < -0.39 is 57.1 Å². The average Bonchev–Trinajstić information content (AvgIpc) is 2.82. The van der Waals surface area contributed by atoms with Gasteiger partial charge >= 0.3 is 11.7 Å². The Bertz CT molecular complexity index is 794. The highest BCUT2D eigenvalue weighted by Gasteiger charge is 2.47. The Kier molecular flexibility index (Phi) is 6.22. The molecule has 0 aliphatic carbocycles. The highest BCUT2D eigenvalue weighted by Crippen LogP contribution is 2.38. The molecule has 0 aromatic carbocycles. The number of nitrogens with zero attached hydrogens (tertiary/aromatic N) is 1. The van der Waals surface area contributed by atoms with Crippen LogP contribution in [0.15, 0.2) is 15.8 Å². The number of hydrogen-bond donors (Lipinski definition) is 5. The highest BCUT2D eigenvalue weighted by atomic mass is 127. The fourth-order valence-electron chi connectivity index (χ4n) is 2.58. The lowest BCUT2D eigenvalue weighted by Gasteiger charge is -2.22.